The molecule has 7 heteroatoms. The summed E-state index contributed by atoms with van der Waals surface area (Å²) >= 11 is 0. The Morgan fingerprint density at radius 1 is 1.28 bits per heavy atom. The Hall–Kier alpha value is -2.02. The molecule has 1 aromatic carbocycles. The van der Waals surface area contributed by atoms with Gasteiger partial charge in [-0.3, -0.25) is 4.98 Å². The predicted molar refractivity (Wildman–Crippen MR) is 102 cm³/mol. The van der Waals surface area contributed by atoms with Crippen molar-refractivity contribution in [1.29, 1.82) is 0 Å². The largest absolute Gasteiger partial charge is 0.497 e. The van der Waals surface area contributed by atoms with E-state index in [1.165, 1.54) is 0 Å². The molecule has 0 bridgehead atoms. The SMILES string of the molecule is COc1cc(OCC(O)CNC(C)C)c2c(c1)[nH]c1cnccc12.Cl. The minimum absolute atomic E-state index is 0. The van der Waals surface area contributed by atoms with E-state index in [9.17, 15) is 5.11 Å². The number of pyridine rings is 1. The molecule has 25 heavy (non-hydrogen) atoms. The summed E-state index contributed by atoms with van der Waals surface area (Å²) in [7, 11) is 1.62. The molecule has 0 aliphatic carbocycles. The highest BCUT2D eigenvalue weighted by atomic mass is 35.5. The second kappa shape index (κ2) is 8.38. The molecule has 3 aromatic rings. The zero-order valence-corrected chi connectivity index (χ0v) is 15.4. The van der Waals surface area contributed by atoms with Gasteiger partial charge in [0.1, 0.15) is 24.2 Å². The molecule has 0 spiro atoms. The molecule has 3 rings (SSSR count). The lowest BCUT2D eigenvalue weighted by atomic mass is 10.1. The first-order valence-electron chi connectivity index (χ1n) is 8.06. The molecule has 0 fully saturated rings. The third-order valence-corrected chi connectivity index (χ3v) is 3.86. The summed E-state index contributed by atoms with van der Waals surface area (Å²) in [5, 5.41) is 15.3. The molecule has 0 aliphatic heterocycles. The van der Waals surface area contributed by atoms with Crippen molar-refractivity contribution in [3.63, 3.8) is 0 Å². The van der Waals surface area contributed by atoms with Crippen LogP contribution in [0.15, 0.2) is 30.6 Å². The second-order valence-corrected chi connectivity index (χ2v) is 6.12. The van der Waals surface area contributed by atoms with Crippen molar-refractivity contribution in [3.8, 4) is 11.5 Å². The lowest BCUT2D eigenvalue weighted by Gasteiger charge is -2.16. The van der Waals surface area contributed by atoms with E-state index in [4.69, 9.17) is 9.47 Å². The number of nitrogens with zero attached hydrogens (tertiary/aromatic N) is 1. The number of ether oxygens (including phenoxy) is 2. The van der Waals surface area contributed by atoms with Crippen LogP contribution in [0.3, 0.4) is 0 Å². The van der Waals surface area contributed by atoms with Crippen LogP contribution in [0.25, 0.3) is 21.8 Å². The molecule has 6 nitrogen and oxygen atoms in total. The van der Waals surface area contributed by atoms with Crippen LogP contribution in [0.1, 0.15) is 13.8 Å². The number of halogens is 1. The highest BCUT2D eigenvalue weighted by Crippen LogP contribution is 2.36. The third-order valence-electron chi connectivity index (χ3n) is 3.86. The molecular weight excluding hydrogens is 342 g/mol. The van der Waals surface area contributed by atoms with Gasteiger partial charge in [0, 0.05) is 41.7 Å². The number of hydrogen-bond acceptors (Lipinski definition) is 5. The number of nitrogens with one attached hydrogen (secondary N) is 2. The summed E-state index contributed by atoms with van der Waals surface area (Å²) in [4.78, 5) is 7.47. The van der Waals surface area contributed by atoms with Crippen molar-refractivity contribution in [3.05, 3.63) is 30.6 Å². The predicted octanol–water partition coefficient (Wildman–Crippen LogP) is 2.88. The minimum Gasteiger partial charge on any atom is -0.497 e. The summed E-state index contributed by atoms with van der Waals surface area (Å²) in [5.74, 6) is 1.39. The maximum absolute atomic E-state index is 10.1. The number of methoxy groups -OCH3 is 1. The van der Waals surface area contributed by atoms with Gasteiger partial charge in [-0.15, -0.1) is 12.4 Å². The van der Waals surface area contributed by atoms with E-state index in [1.54, 1.807) is 19.5 Å². The number of aromatic nitrogens is 2. The topological polar surface area (TPSA) is 79.4 Å². The number of aliphatic hydroxyl groups is 1. The number of aromatic amines is 1. The average molecular weight is 366 g/mol. The second-order valence-electron chi connectivity index (χ2n) is 6.12. The van der Waals surface area contributed by atoms with Gasteiger partial charge in [-0.2, -0.15) is 0 Å². The highest BCUT2D eigenvalue weighted by Gasteiger charge is 2.14. The average Bonchev–Trinajstić information content (AvgIpc) is 2.96. The number of fused-ring (bicyclic) bond motifs is 3. The van der Waals surface area contributed by atoms with Gasteiger partial charge in [0.05, 0.1) is 24.3 Å². The zero-order valence-electron chi connectivity index (χ0n) is 14.6. The molecule has 3 N–H and O–H groups in total. The molecule has 1 unspecified atom stereocenters. The minimum atomic E-state index is -0.583. The standard InChI is InChI=1S/C18H23N3O3.ClH/c1-11(2)20-8-12(22)10-24-17-7-13(23-3)6-15-18(17)14-4-5-19-9-16(14)21-15;/h4-7,9,11-12,20-22H,8,10H2,1-3H3;1H. The first kappa shape index (κ1) is 19.3. The van der Waals surface area contributed by atoms with Gasteiger partial charge in [-0.05, 0) is 6.07 Å². The summed E-state index contributed by atoms with van der Waals surface area (Å²) in [6, 6.07) is 6.05. The summed E-state index contributed by atoms with van der Waals surface area (Å²) in [6.45, 7) is 4.78. The van der Waals surface area contributed by atoms with E-state index < -0.39 is 6.10 Å². The van der Waals surface area contributed by atoms with Crippen molar-refractivity contribution < 1.29 is 14.6 Å². The van der Waals surface area contributed by atoms with Crippen molar-refractivity contribution in [1.82, 2.24) is 15.3 Å². The summed E-state index contributed by atoms with van der Waals surface area (Å²) in [5.41, 5.74) is 1.86. The first-order chi connectivity index (χ1) is 11.6. The Labute approximate surface area is 153 Å². The maximum atomic E-state index is 10.1. The molecule has 0 amide bonds. The number of aliphatic hydroxyl groups excluding tert-OH is 1. The summed E-state index contributed by atoms with van der Waals surface area (Å²) in [6.07, 6.45) is 2.96. The molecule has 136 valence electrons. The zero-order chi connectivity index (χ0) is 17.1. The van der Waals surface area contributed by atoms with Crippen molar-refractivity contribution >= 4 is 34.2 Å². The molecule has 1 atom stereocenters. The molecular formula is C18H24ClN3O3. The van der Waals surface area contributed by atoms with Gasteiger partial charge in [-0.1, -0.05) is 13.8 Å². The van der Waals surface area contributed by atoms with Gasteiger partial charge in [0.2, 0.25) is 0 Å². The van der Waals surface area contributed by atoms with Crippen molar-refractivity contribution in [2.24, 2.45) is 0 Å². The quantitative estimate of drug-likeness (QED) is 0.600. The van der Waals surface area contributed by atoms with E-state index in [2.05, 4.69) is 15.3 Å². The molecule has 0 aliphatic rings. The van der Waals surface area contributed by atoms with Crippen molar-refractivity contribution in [2.75, 3.05) is 20.3 Å². The fourth-order valence-electron chi connectivity index (χ4n) is 2.67. The van der Waals surface area contributed by atoms with Crippen LogP contribution in [-0.2, 0) is 0 Å². The van der Waals surface area contributed by atoms with Crippen LogP contribution in [0.2, 0.25) is 0 Å². The fourth-order valence-corrected chi connectivity index (χ4v) is 2.67. The van der Waals surface area contributed by atoms with E-state index in [-0.39, 0.29) is 19.0 Å². The monoisotopic (exact) mass is 365 g/mol. The highest BCUT2D eigenvalue weighted by molar-refractivity contribution is 6.10. The van der Waals surface area contributed by atoms with Crippen LogP contribution in [-0.4, -0.2) is 47.5 Å². The number of hydrogen-bond donors (Lipinski definition) is 3. The fraction of sp³-hybridized carbons (Fsp3) is 0.389. The number of rotatable bonds is 7. The number of H-pyrrole nitrogens is 1. The van der Waals surface area contributed by atoms with Crippen LogP contribution in [0, 0.1) is 0 Å². The Morgan fingerprint density at radius 3 is 2.80 bits per heavy atom. The lowest BCUT2D eigenvalue weighted by molar-refractivity contribution is 0.105. The van der Waals surface area contributed by atoms with E-state index >= 15 is 0 Å². The van der Waals surface area contributed by atoms with Crippen LogP contribution < -0.4 is 14.8 Å². The molecule has 0 radical (unpaired) electrons. The maximum Gasteiger partial charge on any atom is 0.133 e. The smallest absolute Gasteiger partial charge is 0.133 e. The lowest BCUT2D eigenvalue weighted by Crippen LogP contribution is -2.35. The van der Waals surface area contributed by atoms with Crippen molar-refractivity contribution in [2.45, 2.75) is 26.0 Å². The number of benzene rings is 1. The normalized spacial score (nSPS) is 12.4. The summed E-state index contributed by atoms with van der Waals surface area (Å²) < 4.78 is 11.3. The third kappa shape index (κ3) is 4.34. The van der Waals surface area contributed by atoms with Crippen LogP contribution in [0.5, 0.6) is 11.5 Å². The van der Waals surface area contributed by atoms with E-state index in [0.29, 0.717) is 24.1 Å². The Morgan fingerprint density at radius 2 is 2.08 bits per heavy atom. The molecule has 0 saturated heterocycles. The Bertz CT molecular complexity index is 835. The molecule has 2 aromatic heterocycles. The van der Waals surface area contributed by atoms with E-state index in [0.717, 1.165) is 21.8 Å². The van der Waals surface area contributed by atoms with Gasteiger partial charge < -0.3 is 24.9 Å². The first-order valence-corrected chi connectivity index (χ1v) is 8.06. The van der Waals surface area contributed by atoms with E-state index in [1.807, 2.05) is 32.0 Å². The van der Waals surface area contributed by atoms with Gasteiger partial charge >= 0.3 is 0 Å². The van der Waals surface area contributed by atoms with Crippen LogP contribution >= 0.6 is 12.4 Å². The van der Waals surface area contributed by atoms with Gasteiger partial charge in [0.25, 0.3) is 0 Å². The molecule has 2 heterocycles. The Balaban J connectivity index is 0.00000225. The van der Waals surface area contributed by atoms with Gasteiger partial charge in [-0.25, -0.2) is 0 Å². The van der Waals surface area contributed by atoms with Crippen LogP contribution in [0.4, 0.5) is 0 Å². The Kier molecular flexibility index (Phi) is 6.47. The van der Waals surface area contributed by atoms with Gasteiger partial charge in [0.15, 0.2) is 0 Å². The molecule has 0 saturated carbocycles.